The number of hydrogen-bond acceptors (Lipinski definition) is 5. The first-order valence-corrected chi connectivity index (χ1v) is 10.9. The van der Waals surface area contributed by atoms with Gasteiger partial charge in [0.05, 0.1) is 30.2 Å². The van der Waals surface area contributed by atoms with Crippen LogP contribution in [-0.2, 0) is 4.74 Å². The summed E-state index contributed by atoms with van der Waals surface area (Å²) in [5, 5.41) is 0.530. The molecule has 0 aliphatic carbocycles. The largest absolute Gasteiger partial charge is 0.450 e. The zero-order valence-electron chi connectivity index (χ0n) is 17.7. The van der Waals surface area contributed by atoms with E-state index < -0.39 is 6.04 Å². The van der Waals surface area contributed by atoms with Crippen molar-refractivity contribution in [3.63, 3.8) is 0 Å². The summed E-state index contributed by atoms with van der Waals surface area (Å²) in [4.78, 5) is 31.1. The number of benzene rings is 2. The number of hydrogen-bond donors (Lipinski definition) is 0. The van der Waals surface area contributed by atoms with Gasteiger partial charge in [-0.3, -0.25) is 14.5 Å². The lowest BCUT2D eigenvalue weighted by atomic mass is 9.98. The molecule has 160 valence electrons. The standard InChI is InChI=1S/C25H26N2O4/c1-17-8-9-20-19(16-17)23(28)21-22(18-6-3-2-4-7-18)27(25(29)24(21)31-20)11-5-10-26-12-14-30-15-13-26/h2-4,6-9,16,22H,5,10-15H2,1H3/t22-/m0/s1. The first-order valence-electron chi connectivity index (χ1n) is 10.9. The molecular weight excluding hydrogens is 392 g/mol. The Labute approximate surface area is 181 Å². The second-order valence-corrected chi connectivity index (χ2v) is 8.29. The van der Waals surface area contributed by atoms with Gasteiger partial charge >= 0.3 is 0 Å². The molecule has 0 spiro atoms. The second kappa shape index (κ2) is 8.29. The molecule has 31 heavy (non-hydrogen) atoms. The van der Waals surface area contributed by atoms with Crippen LogP contribution in [0.4, 0.5) is 0 Å². The summed E-state index contributed by atoms with van der Waals surface area (Å²) in [6.07, 6.45) is 0.829. The molecule has 2 aliphatic rings. The summed E-state index contributed by atoms with van der Waals surface area (Å²) in [5.41, 5.74) is 2.73. The van der Waals surface area contributed by atoms with Crippen molar-refractivity contribution in [2.24, 2.45) is 0 Å². The molecule has 3 heterocycles. The van der Waals surface area contributed by atoms with Crippen molar-refractivity contribution in [2.45, 2.75) is 19.4 Å². The fourth-order valence-corrected chi connectivity index (χ4v) is 4.64. The Morgan fingerprint density at radius 3 is 2.55 bits per heavy atom. The number of nitrogens with zero attached hydrogens (tertiary/aromatic N) is 2. The molecule has 1 saturated heterocycles. The van der Waals surface area contributed by atoms with E-state index >= 15 is 0 Å². The summed E-state index contributed by atoms with van der Waals surface area (Å²) in [6, 6.07) is 14.9. The van der Waals surface area contributed by atoms with Gasteiger partial charge in [-0.05, 0) is 31.0 Å². The molecule has 2 aromatic carbocycles. The number of carbonyl (C=O) groups excluding carboxylic acids is 1. The maximum atomic E-state index is 13.5. The highest BCUT2D eigenvalue weighted by molar-refractivity contribution is 5.99. The molecular formula is C25H26N2O4. The van der Waals surface area contributed by atoms with Crippen molar-refractivity contribution < 1.29 is 13.9 Å². The van der Waals surface area contributed by atoms with Crippen LogP contribution in [0.15, 0.2) is 57.7 Å². The maximum Gasteiger partial charge on any atom is 0.290 e. The molecule has 0 N–H and O–H groups in total. The fraction of sp³-hybridized carbons (Fsp3) is 0.360. The van der Waals surface area contributed by atoms with Crippen LogP contribution in [-0.4, -0.2) is 55.1 Å². The first-order chi connectivity index (χ1) is 15.1. The van der Waals surface area contributed by atoms with E-state index in [-0.39, 0.29) is 17.1 Å². The molecule has 0 bridgehead atoms. The van der Waals surface area contributed by atoms with Crippen LogP contribution in [0.1, 0.15) is 39.7 Å². The number of rotatable bonds is 5. The van der Waals surface area contributed by atoms with Gasteiger partial charge in [0.25, 0.3) is 5.91 Å². The van der Waals surface area contributed by atoms with Gasteiger partial charge < -0.3 is 14.1 Å². The lowest BCUT2D eigenvalue weighted by molar-refractivity contribution is 0.0353. The van der Waals surface area contributed by atoms with Crippen molar-refractivity contribution in [1.29, 1.82) is 0 Å². The molecule has 2 aliphatic heterocycles. The Morgan fingerprint density at radius 2 is 1.77 bits per heavy atom. The van der Waals surface area contributed by atoms with Crippen molar-refractivity contribution in [3.05, 3.63) is 81.2 Å². The minimum atomic E-state index is -0.422. The van der Waals surface area contributed by atoms with Gasteiger partial charge in [0.15, 0.2) is 5.43 Å². The zero-order chi connectivity index (χ0) is 21.4. The van der Waals surface area contributed by atoms with Gasteiger partial charge in [-0.2, -0.15) is 0 Å². The minimum Gasteiger partial charge on any atom is -0.450 e. The topological polar surface area (TPSA) is 63.0 Å². The second-order valence-electron chi connectivity index (χ2n) is 8.29. The number of amides is 1. The number of morpholine rings is 1. The molecule has 1 aromatic heterocycles. The lowest BCUT2D eigenvalue weighted by Gasteiger charge is -2.29. The molecule has 6 nitrogen and oxygen atoms in total. The molecule has 0 saturated carbocycles. The van der Waals surface area contributed by atoms with E-state index in [0.29, 0.717) is 23.1 Å². The zero-order valence-corrected chi connectivity index (χ0v) is 17.7. The molecule has 1 atom stereocenters. The first kappa shape index (κ1) is 20.0. The van der Waals surface area contributed by atoms with Gasteiger partial charge in [-0.25, -0.2) is 0 Å². The Morgan fingerprint density at radius 1 is 1.00 bits per heavy atom. The maximum absolute atomic E-state index is 13.5. The minimum absolute atomic E-state index is 0.113. The van der Waals surface area contributed by atoms with E-state index in [1.165, 1.54) is 0 Å². The summed E-state index contributed by atoms with van der Waals surface area (Å²) in [6.45, 7) is 6.75. The van der Waals surface area contributed by atoms with Crippen LogP contribution in [0.5, 0.6) is 0 Å². The summed E-state index contributed by atoms with van der Waals surface area (Å²) in [5.74, 6) is -0.0213. The highest BCUT2D eigenvalue weighted by atomic mass is 16.5. The third kappa shape index (κ3) is 3.66. The van der Waals surface area contributed by atoms with Crippen LogP contribution in [0.25, 0.3) is 11.0 Å². The van der Waals surface area contributed by atoms with E-state index in [1.807, 2.05) is 49.4 Å². The van der Waals surface area contributed by atoms with Crippen LogP contribution >= 0.6 is 0 Å². The highest BCUT2D eigenvalue weighted by Gasteiger charge is 2.42. The normalized spacial score (nSPS) is 19.2. The molecule has 0 unspecified atom stereocenters. The van der Waals surface area contributed by atoms with Crippen molar-refractivity contribution in [2.75, 3.05) is 39.4 Å². The molecule has 1 amide bonds. The molecule has 6 heteroatoms. The summed E-state index contributed by atoms with van der Waals surface area (Å²) < 4.78 is 11.4. The predicted octanol–water partition coefficient (Wildman–Crippen LogP) is 3.37. The average molecular weight is 418 g/mol. The average Bonchev–Trinajstić information content (AvgIpc) is 3.08. The number of aryl methyl sites for hydroxylation is 1. The van der Waals surface area contributed by atoms with Crippen LogP contribution < -0.4 is 5.43 Å². The summed E-state index contributed by atoms with van der Waals surface area (Å²) in [7, 11) is 0. The Balaban J connectivity index is 1.52. The quantitative estimate of drug-likeness (QED) is 0.636. The Hall–Kier alpha value is -2.96. The third-order valence-electron chi connectivity index (χ3n) is 6.21. The van der Waals surface area contributed by atoms with Gasteiger partial charge in [0.1, 0.15) is 5.58 Å². The van der Waals surface area contributed by atoms with Crippen LogP contribution in [0.3, 0.4) is 0 Å². The van der Waals surface area contributed by atoms with Gasteiger partial charge in [0, 0.05) is 26.2 Å². The molecule has 3 aromatic rings. The lowest BCUT2D eigenvalue weighted by Crippen LogP contribution is -2.38. The number of ether oxygens (including phenoxy) is 1. The van der Waals surface area contributed by atoms with E-state index in [0.717, 1.165) is 50.4 Å². The van der Waals surface area contributed by atoms with E-state index in [1.54, 1.807) is 11.0 Å². The van der Waals surface area contributed by atoms with Crippen molar-refractivity contribution in [3.8, 4) is 0 Å². The van der Waals surface area contributed by atoms with E-state index in [4.69, 9.17) is 9.15 Å². The van der Waals surface area contributed by atoms with Crippen molar-refractivity contribution >= 4 is 16.9 Å². The molecule has 0 radical (unpaired) electrons. The molecule has 5 rings (SSSR count). The molecule has 1 fully saturated rings. The van der Waals surface area contributed by atoms with E-state index in [9.17, 15) is 9.59 Å². The van der Waals surface area contributed by atoms with Crippen LogP contribution in [0, 0.1) is 6.92 Å². The Bertz CT molecular complexity index is 1170. The predicted molar refractivity (Wildman–Crippen MR) is 118 cm³/mol. The summed E-state index contributed by atoms with van der Waals surface area (Å²) >= 11 is 0. The van der Waals surface area contributed by atoms with Gasteiger partial charge in [-0.15, -0.1) is 0 Å². The van der Waals surface area contributed by atoms with E-state index in [2.05, 4.69) is 4.90 Å². The third-order valence-corrected chi connectivity index (χ3v) is 6.21. The highest BCUT2D eigenvalue weighted by Crippen LogP contribution is 2.38. The number of carbonyl (C=O) groups is 1. The van der Waals surface area contributed by atoms with Crippen LogP contribution in [0.2, 0.25) is 0 Å². The fourth-order valence-electron chi connectivity index (χ4n) is 4.64. The SMILES string of the molecule is Cc1ccc2oc3c(c(=O)c2c1)[C@H](c1ccccc1)N(CCCN1CCOCC1)C3=O. The Kier molecular flexibility index (Phi) is 5.34. The van der Waals surface area contributed by atoms with Gasteiger partial charge in [-0.1, -0.05) is 42.0 Å². The number of fused-ring (bicyclic) bond motifs is 2. The monoisotopic (exact) mass is 418 g/mol. The smallest absolute Gasteiger partial charge is 0.290 e. The van der Waals surface area contributed by atoms with Crippen molar-refractivity contribution in [1.82, 2.24) is 9.80 Å². The van der Waals surface area contributed by atoms with Gasteiger partial charge in [0.2, 0.25) is 5.76 Å².